The Morgan fingerprint density at radius 3 is 2.25 bits per heavy atom. The molecular weight excluding hydrogens is 162 g/mol. The summed E-state index contributed by atoms with van der Waals surface area (Å²) < 4.78 is 0. The monoisotopic (exact) mass is 185 g/mol. The fourth-order valence-corrected chi connectivity index (χ4v) is 4.39. The Labute approximate surface area is 77.7 Å². The average Bonchev–Trinajstić information content (AvgIpc) is 2.06. The molecule has 0 spiro atoms. The average molecular weight is 185 g/mol. The lowest BCUT2D eigenvalue weighted by Gasteiger charge is -2.29. The van der Waals surface area contributed by atoms with E-state index in [4.69, 9.17) is 5.73 Å². The second-order valence-electron chi connectivity index (χ2n) is 5.08. The van der Waals surface area contributed by atoms with Gasteiger partial charge in [-0.15, -0.1) is 0 Å². The van der Waals surface area contributed by atoms with Crippen molar-refractivity contribution in [2.24, 2.45) is 11.7 Å². The van der Waals surface area contributed by atoms with E-state index in [0.717, 1.165) is 12.1 Å². The summed E-state index contributed by atoms with van der Waals surface area (Å²) in [6, 6.07) is 1.48. The third-order valence-corrected chi connectivity index (χ3v) is 5.91. The van der Waals surface area contributed by atoms with Gasteiger partial charge in [0.2, 0.25) is 0 Å². The summed E-state index contributed by atoms with van der Waals surface area (Å²) in [5, 5.41) is 0. The van der Waals surface area contributed by atoms with Gasteiger partial charge in [0.05, 0.1) is 8.07 Å². The molecule has 1 rings (SSSR count). The van der Waals surface area contributed by atoms with Crippen molar-refractivity contribution in [2.45, 2.75) is 51.2 Å². The largest absolute Gasteiger partial charge is 0.333 e. The summed E-state index contributed by atoms with van der Waals surface area (Å²) in [4.78, 5) is 0. The minimum atomic E-state index is -0.987. The zero-order chi connectivity index (χ0) is 9.03. The van der Waals surface area contributed by atoms with Gasteiger partial charge in [0.25, 0.3) is 0 Å². The molecule has 0 aromatic rings. The molecule has 1 saturated carbocycles. The summed E-state index contributed by atoms with van der Waals surface area (Å²) in [7, 11) is -0.987. The van der Waals surface area contributed by atoms with Crippen LogP contribution in [-0.4, -0.2) is 14.2 Å². The molecule has 0 amide bonds. The summed E-state index contributed by atoms with van der Waals surface area (Å²) >= 11 is 0. The maximum Gasteiger partial charge on any atom is 0.0625 e. The summed E-state index contributed by atoms with van der Waals surface area (Å²) in [5.74, 6) is 1.03. The smallest absolute Gasteiger partial charge is 0.0625 e. The van der Waals surface area contributed by atoms with E-state index in [1.807, 2.05) is 0 Å². The third kappa shape index (κ3) is 3.28. The highest BCUT2D eigenvalue weighted by atomic mass is 28.3. The molecule has 0 aliphatic heterocycles. The van der Waals surface area contributed by atoms with Gasteiger partial charge in [0.15, 0.2) is 0 Å². The maximum absolute atomic E-state index is 5.79. The number of rotatable bonds is 3. The molecule has 72 valence electrons. The Morgan fingerprint density at radius 1 is 1.17 bits per heavy atom. The van der Waals surface area contributed by atoms with Crippen LogP contribution in [0.15, 0.2) is 0 Å². The normalized spacial score (nSPS) is 21.2. The molecule has 0 atom stereocenters. The minimum Gasteiger partial charge on any atom is -0.333 e. The van der Waals surface area contributed by atoms with Crippen molar-refractivity contribution in [3.05, 3.63) is 0 Å². The molecule has 1 nitrogen and oxygen atoms in total. The fraction of sp³-hybridized carbons (Fsp3) is 1.00. The molecule has 0 heterocycles. The molecule has 0 unspecified atom stereocenters. The molecule has 0 aromatic heterocycles. The van der Waals surface area contributed by atoms with Crippen LogP contribution >= 0.6 is 0 Å². The van der Waals surface area contributed by atoms with E-state index < -0.39 is 8.07 Å². The van der Waals surface area contributed by atoms with Gasteiger partial charge in [-0.1, -0.05) is 51.2 Å². The second-order valence-corrected chi connectivity index (χ2v) is 10.2. The first-order chi connectivity index (χ1) is 5.64. The first-order valence-electron chi connectivity index (χ1n) is 5.34. The van der Waals surface area contributed by atoms with Crippen LogP contribution < -0.4 is 5.73 Å². The highest BCUT2D eigenvalue weighted by Gasteiger charge is 2.24. The van der Waals surface area contributed by atoms with Crippen LogP contribution in [0.25, 0.3) is 0 Å². The third-order valence-electron chi connectivity index (χ3n) is 3.12. The van der Waals surface area contributed by atoms with Crippen molar-refractivity contribution in [2.75, 3.05) is 6.17 Å². The van der Waals surface area contributed by atoms with E-state index in [9.17, 15) is 0 Å². The maximum atomic E-state index is 5.79. The zero-order valence-corrected chi connectivity index (χ0v) is 9.60. The SMILES string of the molecule is C[Si](C)(CN)CC1CCCCC1. The molecule has 0 saturated heterocycles. The van der Waals surface area contributed by atoms with Crippen LogP contribution in [0.4, 0.5) is 0 Å². The van der Waals surface area contributed by atoms with E-state index in [2.05, 4.69) is 13.1 Å². The molecule has 1 fully saturated rings. The van der Waals surface area contributed by atoms with Crippen molar-refractivity contribution in [3.8, 4) is 0 Å². The van der Waals surface area contributed by atoms with Crippen LogP contribution in [0.2, 0.25) is 19.1 Å². The molecule has 2 heteroatoms. The predicted octanol–water partition coefficient (Wildman–Crippen LogP) is 2.77. The summed E-state index contributed by atoms with van der Waals surface area (Å²) in [6.07, 6.45) is 8.36. The van der Waals surface area contributed by atoms with Gasteiger partial charge in [-0.3, -0.25) is 0 Å². The van der Waals surface area contributed by atoms with Crippen molar-refractivity contribution in [3.63, 3.8) is 0 Å². The van der Waals surface area contributed by atoms with E-state index >= 15 is 0 Å². The molecule has 1 aliphatic carbocycles. The minimum absolute atomic E-state index is 0.976. The van der Waals surface area contributed by atoms with Crippen molar-refractivity contribution in [1.29, 1.82) is 0 Å². The Balaban J connectivity index is 2.28. The van der Waals surface area contributed by atoms with Gasteiger partial charge in [-0.05, 0) is 12.1 Å². The number of hydrogen-bond acceptors (Lipinski definition) is 1. The van der Waals surface area contributed by atoms with Gasteiger partial charge in [0.1, 0.15) is 0 Å². The second kappa shape index (κ2) is 4.42. The lowest BCUT2D eigenvalue weighted by atomic mass is 9.91. The molecule has 2 N–H and O–H groups in total. The van der Waals surface area contributed by atoms with Crippen LogP contribution in [0.3, 0.4) is 0 Å². The van der Waals surface area contributed by atoms with E-state index in [1.54, 1.807) is 0 Å². The quantitative estimate of drug-likeness (QED) is 0.672. The van der Waals surface area contributed by atoms with Crippen LogP contribution in [0.5, 0.6) is 0 Å². The van der Waals surface area contributed by atoms with Crippen LogP contribution in [-0.2, 0) is 0 Å². The standard InChI is InChI=1S/C10H23NSi/c1-12(2,9-11)8-10-6-4-3-5-7-10/h10H,3-9,11H2,1-2H3. The molecule has 0 aromatic carbocycles. The van der Waals surface area contributed by atoms with Gasteiger partial charge in [-0.2, -0.15) is 0 Å². The van der Waals surface area contributed by atoms with Crippen molar-refractivity contribution in [1.82, 2.24) is 0 Å². The molecule has 0 bridgehead atoms. The van der Waals surface area contributed by atoms with Gasteiger partial charge in [-0.25, -0.2) is 0 Å². The van der Waals surface area contributed by atoms with E-state index in [0.29, 0.717) is 0 Å². The molecule has 0 radical (unpaired) electrons. The van der Waals surface area contributed by atoms with Crippen LogP contribution in [0.1, 0.15) is 32.1 Å². The molecular formula is C10H23NSi. The van der Waals surface area contributed by atoms with E-state index in [-0.39, 0.29) is 0 Å². The predicted molar refractivity (Wildman–Crippen MR) is 57.9 cm³/mol. The van der Waals surface area contributed by atoms with Crippen molar-refractivity contribution >= 4 is 8.07 Å². The first kappa shape index (κ1) is 10.3. The lowest BCUT2D eigenvalue weighted by Crippen LogP contribution is -2.38. The van der Waals surface area contributed by atoms with Crippen LogP contribution in [0, 0.1) is 5.92 Å². The van der Waals surface area contributed by atoms with Crippen molar-refractivity contribution < 1.29 is 0 Å². The highest BCUT2D eigenvalue weighted by molar-refractivity contribution is 6.77. The van der Waals surface area contributed by atoms with E-state index in [1.165, 1.54) is 38.1 Å². The lowest BCUT2D eigenvalue weighted by molar-refractivity contribution is 0.381. The Morgan fingerprint density at radius 2 is 1.75 bits per heavy atom. The topological polar surface area (TPSA) is 26.0 Å². The number of nitrogens with two attached hydrogens (primary N) is 1. The Hall–Kier alpha value is 0.177. The fourth-order valence-electron chi connectivity index (χ4n) is 2.26. The first-order valence-corrected chi connectivity index (χ1v) is 8.75. The summed E-state index contributed by atoms with van der Waals surface area (Å²) in [6.45, 7) is 4.86. The Bertz CT molecular complexity index is 128. The highest BCUT2D eigenvalue weighted by Crippen LogP contribution is 2.30. The van der Waals surface area contributed by atoms with Gasteiger partial charge in [0, 0.05) is 0 Å². The van der Waals surface area contributed by atoms with Gasteiger partial charge < -0.3 is 5.73 Å². The zero-order valence-electron chi connectivity index (χ0n) is 8.60. The number of hydrogen-bond donors (Lipinski definition) is 1. The molecule has 1 aliphatic rings. The molecule has 12 heavy (non-hydrogen) atoms. The Kier molecular flexibility index (Phi) is 3.78. The summed E-state index contributed by atoms with van der Waals surface area (Å²) in [5.41, 5.74) is 5.79. The van der Waals surface area contributed by atoms with Gasteiger partial charge >= 0.3 is 0 Å².